The summed E-state index contributed by atoms with van der Waals surface area (Å²) in [7, 11) is 4.35. The van der Waals surface area contributed by atoms with Crippen LogP contribution in [0.1, 0.15) is 22.8 Å². The Balaban J connectivity index is 1.88. The van der Waals surface area contributed by atoms with E-state index in [9.17, 15) is 9.59 Å². The first-order chi connectivity index (χ1) is 13.5. The molecule has 0 aromatic heterocycles. The van der Waals surface area contributed by atoms with Crippen molar-refractivity contribution in [3.8, 4) is 23.0 Å². The lowest BCUT2D eigenvalue weighted by Crippen LogP contribution is -2.24. The van der Waals surface area contributed by atoms with Gasteiger partial charge in [-0.3, -0.25) is 4.79 Å². The van der Waals surface area contributed by atoms with Gasteiger partial charge in [0.15, 0.2) is 23.4 Å². The average Bonchev–Trinajstić information content (AvgIpc) is 3.01. The fourth-order valence-corrected chi connectivity index (χ4v) is 2.83. The Hall–Kier alpha value is -3.48. The molecule has 2 aromatic rings. The number of Topliss-reactive ketones (excluding diaryl/α,β-unsaturated/α-hetero) is 1. The number of methoxy groups -OCH3 is 3. The second-order valence-electron chi connectivity index (χ2n) is 5.96. The maximum absolute atomic E-state index is 12.7. The largest absolute Gasteiger partial charge is 0.493 e. The minimum Gasteiger partial charge on any atom is -0.493 e. The zero-order valence-electron chi connectivity index (χ0n) is 16.0. The molecular formula is C21H20O7. The van der Waals surface area contributed by atoms with Crippen LogP contribution in [-0.2, 0) is 9.53 Å². The van der Waals surface area contributed by atoms with E-state index in [1.807, 2.05) is 0 Å². The fraction of sp³-hybridized carbons (Fsp3) is 0.238. The van der Waals surface area contributed by atoms with E-state index in [-0.39, 0.29) is 11.5 Å². The van der Waals surface area contributed by atoms with Crippen molar-refractivity contribution in [1.29, 1.82) is 0 Å². The van der Waals surface area contributed by atoms with Crippen LogP contribution in [0.5, 0.6) is 23.0 Å². The minimum absolute atomic E-state index is 0.153. The quantitative estimate of drug-likeness (QED) is 0.559. The first-order valence-electron chi connectivity index (χ1n) is 8.52. The topological polar surface area (TPSA) is 80.3 Å². The van der Waals surface area contributed by atoms with Gasteiger partial charge in [0.25, 0.3) is 0 Å². The molecule has 1 atom stereocenters. The molecule has 2 aromatic carbocycles. The third kappa shape index (κ3) is 3.64. The van der Waals surface area contributed by atoms with Gasteiger partial charge in [-0.1, -0.05) is 12.1 Å². The third-order valence-corrected chi connectivity index (χ3v) is 4.21. The molecule has 0 spiro atoms. The molecule has 0 unspecified atom stereocenters. The van der Waals surface area contributed by atoms with Crippen molar-refractivity contribution in [2.24, 2.45) is 0 Å². The van der Waals surface area contributed by atoms with Crippen LogP contribution in [0.25, 0.3) is 6.08 Å². The van der Waals surface area contributed by atoms with Gasteiger partial charge in [-0.15, -0.1) is 0 Å². The molecular weight excluding hydrogens is 364 g/mol. The van der Waals surface area contributed by atoms with Gasteiger partial charge in [0, 0.05) is 11.6 Å². The number of para-hydroxylation sites is 1. The Morgan fingerprint density at radius 1 is 1.11 bits per heavy atom. The van der Waals surface area contributed by atoms with Crippen LogP contribution in [-0.4, -0.2) is 39.2 Å². The van der Waals surface area contributed by atoms with Gasteiger partial charge in [-0.05, 0) is 31.2 Å². The summed E-state index contributed by atoms with van der Waals surface area (Å²) < 4.78 is 26.6. The SMILES string of the molecule is COC(=O)[C@H](C)Oc1ccc2c(c1)O/C(=C\c1cccc(OC)c1OC)C2=O. The van der Waals surface area contributed by atoms with Crippen LogP contribution in [0.2, 0.25) is 0 Å². The number of benzene rings is 2. The summed E-state index contributed by atoms with van der Waals surface area (Å²) in [4.78, 5) is 24.2. The van der Waals surface area contributed by atoms with Crippen molar-refractivity contribution in [3.05, 3.63) is 53.3 Å². The van der Waals surface area contributed by atoms with E-state index >= 15 is 0 Å². The van der Waals surface area contributed by atoms with Crippen molar-refractivity contribution in [2.45, 2.75) is 13.0 Å². The molecule has 1 aliphatic heterocycles. The maximum Gasteiger partial charge on any atom is 0.346 e. The summed E-state index contributed by atoms with van der Waals surface area (Å²) in [5, 5.41) is 0. The molecule has 0 bridgehead atoms. The summed E-state index contributed by atoms with van der Waals surface area (Å²) in [6.07, 6.45) is 0.817. The minimum atomic E-state index is -0.781. The van der Waals surface area contributed by atoms with Gasteiger partial charge in [0.2, 0.25) is 5.78 Å². The number of hydrogen-bond donors (Lipinski definition) is 0. The number of ether oxygens (including phenoxy) is 5. The van der Waals surface area contributed by atoms with Crippen molar-refractivity contribution in [3.63, 3.8) is 0 Å². The van der Waals surface area contributed by atoms with Crippen LogP contribution >= 0.6 is 0 Å². The molecule has 3 rings (SSSR count). The van der Waals surface area contributed by atoms with Gasteiger partial charge in [-0.25, -0.2) is 4.79 Å². The normalized spacial score (nSPS) is 14.9. The zero-order valence-corrected chi connectivity index (χ0v) is 16.0. The van der Waals surface area contributed by atoms with E-state index < -0.39 is 12.1 Å². The van der Waals surface area contributed by atoms with Gasteiger partial charge < -0.3 is 23.7 Å². The first kappa shape index (κ1) is 19.3. The molecule has 7 nitrogen and oxygen atoms in total. The Morgan fingerprint density at radius 2 is 1.89 bits per heavy atom. The molecule has 28 heavy (non-hydrogen) atoms. The Bertz CT molecular complexity index is 946. The number of ketones is 1. The molecule has 0 aliphatic carbocycles. The summed E-state index contributed by atoms with van der Waals surface area (Å²) >= 11 is 0. The van der Waals surface area contributed by atoms with Gasteiger partial charge in [0.05, 0.1) is 26.9 Å². The number of allylic oxidation sites excluding steroid dienone is 1. The molecule has 1 heterocycles. The molecule has 0 amide bonds. The molecule has 0 fully saturated rings. The highest BCUT2D eigenvalue weighted by atomic mass is 16.6. The molecule has 7 heteroatoms. The zero-order chi connectivity index (χ0) is 20.3. The van der Waals surface area contributed by atoms with Crippen LogP contribution < -0.4 is 18.9 Å². The van der Waals surface area contributed by atoms with E-state index in [2.05, 4.69) is 4.74 Å². The number of carbonyl (C=O) groups is 2. The second-order valence-corrected chi connectivity index (χ2v) is 5.96. The predicted octanol–water partition coefficient (Wildman–Crippen LogP) is 3.26. The highest BCUT2D eigenvalue weighted by Gasteiger charge is 2.29. The number of fused-ring (bicyclic) bond motifs is 1. The van der Waals surface area contributed by atoms with Gasteiger partial charge in [0.1, 0.15) is 11.5 Å². The molecule has 0 N–H and O–H groups in total. The van der Waals surface area contributed by atoms with E-state index in [0.29, 0.717) is 34.1 Å². The second kappa shape index (κ2) is 8.04. The summed E-state index contributed by atoms with van der Waals surface area (Å²) in [5.41, 5.74) is 1.06. The van der Waals surface area contributed by atoms with Crippen molar-refractivity contribution in [1.82, 2.24) is 0 Å². The number of carbonyl (C=O) groups excluding carboxylic acids is 2. The molecule has 1 aliphatic rings. The Morgan fingerprint density at radius 3 is 2.57 bits per heavy atom. The maximum atomic E-state index is 12.7. The fourth-order valence-electron chi connectivity index (χ4n) is 2.83. The number of hydrogen-bond acceptors (Lipinski definition) is 7. The lowest BCUT2D eigenvalue weighted by atomic mass is 10.1. The predicted molar refractivity (Wildman–Crippen MR) is 101 cm³/mol. The lowest BCUT2D eigenvalue weighted by Gasteiger charge is -2.12. The van der Waals surface area contributed by atoms with Gasteiger partial charge >= 0.3 is 5.97 Å². The third-order valence-electron chi connectivity index (χ3n) is 4.21. The summed E-state index contributed by atoms with van der Waals surface area (Å²) in [6, 6.07) is 10.1. The monoisotopic (exact) mass is 384 g/mol. The van der Waals surface area contributed by atoms with E-state index in [4.69, 9.17) is 18.9 Å². The average molecular weight is 384 g/mol. The van der Waals surface area contributed by atoms with Gasteiger partial charge in [-0.2, -0.15) is 0 Å². The van der Waals surface area contributed by atoms with Crippen molar-refractivity contribution >= 4 is 17.8 Å². The highest BCUT2D eigenvalue weighted by molar-refractivity contribution is 6.14. The molecule has 0 saturated heterocycles. The Labute approximate surface area is 162 Å². The van der Waals surface area contributed by atoms with Crippen molar-refractivity contribution < 1.29 is 33.3 Å². The van der Waals surface area contributed by atoms with Crippen LogP contribution in [0.4, 0.5) is 0 Å². The molecule has 0 saturated carbocycles. The standard InChI is InChI=1S/C21H20O7/c1-12(21(23)26-4)27-14-8-9-15-17(11-14)28-18(19(15)22)10-13-6-5-7-16(24-2)20(13)25-3/h5-12H,1-4H3/b18-10-/t12-/m0/s1. The molecule has 146 valence electrons. The summed E-state index contributed by atoms with van der Waals surface area (Å²) in [6.45, 7) is 1.57. The number of esters is 1. The lowest BCUT2D eigenvalue weighted by molar-refractivity contribution is -0.147. The Kier molecular flexibility index (Phi) is 5.54. The van der Waals surface area contributed by atoms with E-state index in [1.54, 1.807) is 56.5 Å². The number of rotatable bonds is 6. The van der Waals surface area contributed by atoms with E-state index in [0.717, 1.165) is 0 Å². The first-order valence-corrected chi connectivity index (χ1v) is 8.52. The van der Waals surface area contributed by atoms with Crippen LogP contribution in [0, 0.1) is 0 Å². The van der Waals surface area contributed by atoms with Crippen molar-refractivity contribution in [2.75, 3.05) is 21.3 Å². The van der Waals surface area contributed by atoms with E-state index in [1.165, 1.54) is 14.2 Å². The summed E-state index contributed by atoms with van der Waals surface area (Å²) in [5.74, 6) is 1.20. The molecule has 0 radical (unpaired) electrons. The highest BCUT2D eigenvalue weighted by Crippen LogP contribution is 2.37. The van der Waals surface area contributed by atoms with Crippen LogP contribution in [0.3, 0.4) is 0 Å². The van der Waals surface area contributed by atoms with Crippen LogP contribution in [0.15, 0.2) is 42.2 Å². The smallest absolute Gasteiger partial charge is 0.346 e.